The van der Waals surface area contributed by atoms with Crippen molar-refractivity contribution in [1.29, 1.82) is 0 Å². The molecular formula is C13H13N3O2S2. The van der Waals surface area contributed by atoms with Crippen LogP contribution in [0.4, 0.5) is 5.69 Å². The molecule has 1 aromatic carbocycles. The number of anilines is 1. The minimum Gasteiger partial charge on any atom is -0.473 e. The Hall–Kier alpha value is -1.70. The van der Waals surface area contributed by atoms with Crippen LogP contribution in [0.5, 0.6) is 5.88 Å². The molecule has 0 bridgehead atoms. The van der Waals surface area contributed by atoms with Crippen molar-refractivity contribution in [3.05, 3.63) is 35.8 Å². The number of hydrogen-bond donors (Lipinski definition) is 2. The molecule has 0 spiro atoms. The number of fused-ring (bicyclic) bond motifs is 1. The fourth-order valence-corrected chi connectivity index (χ4v) is 2.91. The molecule has 0 saturated carbocycles. The van der Waals surface area contributed by atoms with Gasteiger partial charge in [0.1, 0.15) is 18.9 Å². The number of hydrogen-bond acceptors (Lipinski definition) is 7. The zero-order valence-corrected chi connectivity index (χ0v) is 12.2. The molecule has 2 heterocycles. The Morgan fingerprint density at radius 2 is 2.30 bits per heavy atom. The molecule has 1 atom stereocenters. The molecule has 7 heteroatoms. The lowest BCUT2D eigenvalue weighted by molar-refractivity contribution is 0.115. The van der Waals surface area contributed by atoms with E-state index >= 15 is 0 Å². The number of rotatable bonds is 6. The van der Waals surface area contributed by atoms with Gasteiger partial charge in [0.2, 0.25) is 5.88 Å². The maximum absolute atomic E-state index is 9.85. The van der Waals surface area contributed by atoms with Crippen molar-refractivity contribution >= 4 is 38.8 Å². The van der Waals surface area contributed by atoms with Gasteiger partial charge in [-0.2, -0.15) is 4.37 Å². The summed E-state index contributed by atoms with van der Waals surface area (Å²) in [5, 5.41) is 16.3. The van der Waals surface area contributed by atoms with Gasteiger partial charge in [0.15, 0.2) is 0 Å². The molecule has 3 aromatic rings. The molecule has 0 fully saturated rings. The smallest absolute Gasteiger partial charge is 0.245 e. The van der Waals surface area contributed by atoms with Crippen molar-refractivity contribution in [3.8, 4) is 5.88 Å². The van der Waals surface area contributed by atoms with Crippen LogP contribution in [0.1, 0.15) is 0 Å². The summed E-state index contributed by atoms with van der Waals surface area (Å²) in [6.45, 7) is 0.617. The summed E-state index contributed by atoms with van der Waals surface area (Å²) in [4.78, 5) is 0. The molecular weight excluding hydrogens is 294 g/mol. The normalized spacial score (nSPS) is 12.4. The van der Waals surface area contributed by atoms with Gasteiger partial charge in [0.25, 0.3) is 0 Å². The minimum absolute atomic E-state index is 0.194. The second-order valence-corrected chi connectivity index (χ2v) is 5.77. The van der Waals surface area contributed by atoms with Crippen LogP contribution in [0.15, 0.2) is 35.8 Å². The molecule has 0 aliphatic carbocycles. The van der Waals surface area contributed by atoms with Crippen LogP contribution in [0.3, 0.4) is 0 Å². The van der Waals surface area contributed by atoms with Gasteiger partial charge in [0, 0.05) is 16.9 Å². The monoisotopic (exact) mass is 307 g/mol. The Morgan fingerprint density at radius 1 is 1.35 bits per heavy atom. The molecule has 1 unspecified atom stereocenters. The third-order valence-electron chi connectivity index (χ3n) is 2.76. The molecule has 20 heavy (non-hydrogen) atoms. The Balaban J connectivity index is 1.50. The predicted molar refractivity (Wildman–Crippen MR) is 81.7 cm³/mol. The van der Waals surface area contributed by atoms with Crippen LogP contribution in [0.25, 0.3) is 10.1 Å². The van der Waals surface area contributed by atoms with Gasteiger partial charge in [-0.05, 0) is 35.0 Å². The van der Waals surface area contributed by atoms with Gasteiger partial charge < -0.3 is 15.2 Å². The van der Waals surface area contributed by atoms with E-state index in [9.17, 15) is 5.11 Å². The molecule has 3 rings (SSSR count). The number of nitrogens with one attached hydrogen (secondary N) is 1. The third-order valence-corrected chi connectivity index (χ3v) is 4.12. The van der Waals surface area contributed by atoms with Crippen LogP contribution in [-0.4, -0.2) is 33.1 Å². The fourth-order valence-electron chi connectivity index (χ4n) is 1.77. The lowest BCUT2D eigenvalue weighted by Crippen LogP contribution is -2.26. The standard InChI is InChI=1S/C13H13N3O2S2/c17-11(8-18-13-7-15-20-16-13)6-14-10-1-2-12-9(5-10)3-4-19-12/h1-5,7,11,14,17H,6,8H2. The van der Waals surface area contributed by atoms with Gasteiger partial charge in [-0.15, -0.1) is 15.7 Å². The summed E-state index contributed by atoms with van der Waals surface area (Å²) in [5.41, 5.74) is 0.991. The molecule has 2 aromatic heterocycles. The second kappa shape index (κ2) is 6.17. The van der Waals surface area contributed by atoms with Crippen LogP contribution < -0.4 is 10.1 Å². The number of thiophene rings is 1. The summed E-state index contributed by atoms with van der Waals surface area (Å²) in [7, 11) is 0. The Morgan fingerprint density at radius 3 is 3.15 bits per heavy atom. The fraction of sp³-hybridized carbons (Fsp3) is 0.231. The number of benzene rings is 1. The molecule has 2 N–H and O–H groups in total. The van der Waals surface area contributed by atoms with Gasteiger partial charge in [0.05, 0.1) is 11.7 Å². The third kappa shape index (κ3) is 3.24. The highest BCUT2D eigenvalue weighted by atomic mass is 32.1. The second-order valence-electron chi connectivity index (χ2n) is 4.26. The molecule has 0 radical (unpaired) electrons. The van der Waals surface area contributed by atoms with E-state index < -0.39 is 6.10 Å². The lowest BCUT2D eigenvalue weighted by Gasteiger charge is -2.12. The van der Waals surface area contributed by atoms with Crippen LogP contribution in [0, 0.1) is 0 Å². The first-order chi connectivity index (χ1) is 9.81. The first-order valence-corrected chi connectivity index (χ1v) is 7.72. The summed E-state index contributed by atoms with van der Waals surface area (Å²) in [5.74, 6) is 0.453. The molecule has 0 aliphatic rings. The average molecular weight is 307 g/mol. The van der Waals surface area contributed by atoms with E-state index in [-0.39, 0.29) is 6.61 Å². The number of aromatic nitrogens is 2. The van der Waals surface area contributed by atoms with Crippen molar-refractivity contribution in [1.82, 2.24) is 8.75 Å². The zero-order chi connectivity index (χ0) is 13.8. The Bertz CT molecular complexity index is 669. The van der Waals surface area contributed by atoms with Gasteiger partial charge in [-0.3, -0.25) is 0 Å². The average Bonchev–Trinajstić information content (AvgIpc) is 3.13. The topological polar surface area (TPSA) is 67.3 Å². The largest absolute Gasteiger partial charge is 0.473 e. The highest BCUT2D eigenvalue weighted by molar-refractivity contribution is 7.17. The van der Waals surface area contributed by atoms with E-state index in [1.54, 1.807) is 11.3 Å². The summed E-state index contributed by atoms with van der Waals surface area (Å²) in [6.07, 6.45) is 0.935. The van der Waals surface area contributed by atoms with E-state index in [4.69, 9.17) is 4.74 Å². The zero-order valence-electron chi connectivity index (χ0n) is 10.5. The molecule has 0 amide bonds. The van der Waals surface area contributed by atoms with Crippen molar-refractivity contribution < 1.29 is 9.84 Å². The van der Waals surface area contributed by atoms with Gasteiger partial charge in [-0.1, -0.05) is 0 Å². The van der Waals surface area contributed by atoms with E-state index in [0.29, 0.717) is 12.4 Å². The number of aliphatic hydroxyl groups excluding tert-OH is 1. The maximum atomic E-state index is 9.85. The SMILES string of the molecule is OC(CNc1ccc2sccc2c1)COc1cnsn1. The van der Waals surface area contributed by atoms with Crippen molar-refractivity contribution in [3.63, 3.8) is 0 Å². The van der Waals surface area contributed by atoms with Crippen molar-refractivity contribution in [2.75, 3.05) is 18.5 Å². The maximum Gasteiger partial charge on any atom is 0.245 e. The summed E-state index contributed by atoms with van der Waals surface area (Å²) in [6, 6.07) is 8.24. The minimum atomic E-state index is -0.602. The van der Waals surface area contributed by atoms with E-state index in [2.05, 4.69) is 37.6 Å². The highest BCUT2D eigenvalue weighted by Gasteiger charge is 2.07. The van der Waals surface area contributed by atoms with E-state index in [1.807, 2.05) is 6.07 Å². The van der Waals surface area contributed by atoms with Crippen molar-refractivity contribution in [2.24, 2.45) is 0 Å². The quantitative estimate of drug-likeness (QED) is 0.733. The van der Waals surface area contributed by atoms with Gasteiger partial charge >= 0.3 is 0 Å². The van der Waals surface area contributed by atoms with E-state index in [0.717, 1.165) is 17.4 Å². The van der Waals surface area contributed by atoms with Crippen molar-refractivity contribution in [2.45, 2.75) is 6.10 Å². The molecule has 104 valence electrons. The Labute approximate surface area is 124 Å². The van der Waals surface area contributed by atoms with Gasteiger partial charge in [-0.25, -0.2) is 0 Å². The number of aliphatic hydroxyl groups is 1. The van der Waals surface area contributed by atoms with Crippen LogP contribution in [0.2, 0.25) is 0 Å². The van der Waals surface area contributed by atoms with E-state index in [1.165, 1.54) is 16.3 Å². The van der Waals surface area contributed by atoms with Crippen LogP contribution >= 0.6 is 23.1 Å². The number of nitrogens with zero attached hydrogens (tertiary/aromatic N) is 2. The van der Waals surface area contributed by atoms with Crippen LogP contribution in [-0.2, 0) is 0 Å². The molecule has 0 saturated heterocycles. The lowest BCUT2D eigenvalue weighted by atomic mass is 10.2. The summed E-state index contributed by atoms with van der Waals surface area (Å²) >= 11 is 2.80. The first kappa shape index (κ1) is 13.3. The molecule has 0 aliphatic heterocycles. The predicted octanol–water partition coefficient (Wildman–Crippen LogP) is 2.60. The summed E-state index contributed by atoms with van der Waals surface area (Å²) < 4.78 is 14.3. The Kier molecular flexibility index (Phi) is 4.10. The number of ether oxygens (including phenoxy) is 1. The first-order valence-electron chi connectivity index (χ1n) is 6.11. The highest BCUT2D eigenvalue weighted by Crippen LogP contribution is 2.23. The molecule has 5 nitrogen and oxygen atoms in total.